The number of ether oxygens (including phenoxy) is 1. The molecule has 1 unspecified atom stereocenters. The number of carboxylic acids is 1. The molecular weight excluding hydrogens is 330 g/mol. The van der Waals surface area contributed by atoms with Gasteiger partial charge in [-0.2, -0.15) is 4.72 Å². The van der Waals surface area contributed by atoms with Gasteiger partial charge in [0.15, 0.2) is 0 Å². The summed E-state index contributed by atoms with van der Waals surface area (Å²) in [4.78, 5) is 11.8. The molecule has 1 fully saturated rings. The predicted octanol–water partition coefficient (Wildman–Crippen LogP) is 2.10. The van der Waals surface area contributed by atoms with Crippen LogP contribution in [0.15, 0.2) is 41.8 Å². The lowest BCUT2D eigenvalue weighted by Gasteiger charge is -2.35. The molecule has 1 saturated heterocycles. The topological polar surface area (TPSA) is 92.7 Å². The molecule has 0 saturated carbocycles. The van der Waals surface area contributed by atoms with Gasteiger partial charge in [-0.3, -0.25) is 4.79 Å². The Kier molecular flexibility index (Phi) is 6.15. The lowest BCUT2D eigenvalue weighted by molar-refractivity contribution is -0.144. The number of carbonyl (C=O) groups is 1. The van der Waals surface area contributed by atoms with Crippen LogP contribution in [0.5, 0.6) is 0 Å². The number of hydrogen-bond acceptors (Lipinski definition) is 4. The van der Waals surface area contributed by atoms with Crippen LogP contribution in [0.2, 0.25) is 0 Å². The molecule has 0 radical (unpaired) electrons. The molecule has 1 heterocycles. The Bertz CT molecular complexity index is 683. The van der Waals surface area contributed by atoms with E-state index in [1.54, 1.807) is 18.2 Å². The maximum Gasteiger partial charge on any atom is 0.322 e. The molecule has 132 valence electrons. The van der Waals surface area contributed by atoms with Crippen molar-refractivity contribution < 1.29 is 23.1 Å². The number of aliphatic carboxylic acids is 1. The molecule has 2 rings (SSSR count). The normalized spacial score (nSPS) is 22.7. The molecule has 0 aliphatic carbocycles. The highest BCUT2D eigenvalue weighted by Gasteiger charge is 2.38. The molecule has 1 aromatic carbocycles. The number of aryl methyl sites for hydroxylation is 1. The highest BCUT2D eigenvalue weighted by Crippen LogP contribution is 2.28. The van der Waals surface area contributed by atoms with E-state index in [1.165, 1.54) is 12.1 Å². The van der Waals surface area contributed by atoms with Crippen molar-refractivity contribution in [2.75, 3.05) is 6.61 Å². The second-order valence-electron chi connectivity index (χ2n) is 5.99. The van der Waals surface area contributed by atoms with E-state index in [4.69, 9.17) is 4.74 Å². The van der Waals surface area contributed by atoms with Crippen LogP contribution in [-0.2, 0) is 19.6 Å². The number of hydrogen-bond donors (Lipinski definition) is 2. The second-order valence-corrected chi connectivity index (χ2v) is 7.70. The summed E-state index contributed by atoms with van der Waals surface area (Å²) in [5, 5.41) is 9.56. The molecule has 0 aromatic heterocycles. The Morgan fingerprint density at radius 1 is 1.46 bits per heavy atom. The highest BCUT2D eigenvalue weighted by molar-refractivity contribution is 7.89. The quantitative estimate of drug-likeness (QED) is 0.732. The molecule has 2 N–H and O–H groups in total. The molecule has 24 heavy (non-hydrogen) atoms. The average molecular weight is 353 g/mol. The van der Waals surface area contributed by atoms with E-state index in [1.807, 2.05) is 6.92 Å². The van der Waals surface area contributed by atoms with Gasteiger partial charge in [-0.1, -0.05) is 23.8 Å². The average Bonchev–Trinajstić information content (AvgIpc) is 2.54. The van der Waals surface area contributed by atoms with Crippen LogP contribution in [0.3, 0.4) is 0 Å². The molecule has 7 heteroatoms. The Labute approximate surface area is 142 Å². The molecule has 0 spiro atoms. The number of sulfonamides is 1. The monoisotopic (exact) mass is 353 g/mol. The third kappa shape index (κ3) is 4.43. The van der Waals surface area contributed by atoms with Gasteiger partial charge in [0.25, 0.3) is 0 Å². The van der Waals surface area contributed by atoms with Gasteiger partial charge in [0, 0.05) is 12.5 Å². The lowest BCUT2D eigenvalue weighted by atomic mass is 9.86. The highest BCUT2D eigenvalue weighted by atomic mass is 32.2. The largest absolute Gasteiger partial charge is 0.480 e. The minimum Gasteiger partial charge on any atom is -0.480 e. The Morgan fingerprint density at radius 2 is 2.12 bits per heavy atom. The van der Waals surface area contributed by atoms with Crippen LogP contribution in [0.25, 0.3) is 0 Å². The van der Waals surface area contributed by atoms with Gasteiger partial charge in [-0.25, -0.2) is 8.42 Å². The van der Waals surface area contributed by atoms with Crippen molar-refractivity contribution in [1.82, 2.24) is 4.72 Å². The molecule has 6 nitrogen and oxygen atoms in total. The molecule has 1 aliphatic heterocycles. The van der Waals surface area contributed by atoms with Crippen molar-refractivity contribution in [2.24, 2.45) is 5.92 Å². The van der Waals surface area contributed by atoms with Crippen LogP contribution >= 0.6 is 0 Å². The second kappa shape index (κ2) is 7.92. The zero-order valence-corrected chi connectivity index (χ0v) is 14.5. The summed E-state index contributed by atoms with van der Waals surface area (Å²) in [6.45, 7) is 6.06. The van der Waals surface area contributed by atoms with Crippen LogP contribution in [0.4, 0.5) is 0 Å². The van der Waals surface area contributed by atoms with Gasteiger partial charge in [0.1, 0.15) is 6.04 Å². The van der Waals surface area contributed by atoms with E-state index in [2.05, 4.69) is 11.3 Å². The summed E-state index contributed by atoms with van der Waals surface area (Å²) in [5.41, 5.74) is 0.926. The van der Waals surface area contributed by atoms with Crippen molar-refractivity contribution in [2.45, 2.75) is 43.2 Å². The van der Waals surface area contributed by atoms with Gasteiger partial charge in [-0.05, 0) is 38.3 Å². The Balaban J connectivity index is 2.25. The van der Waals surface area contributed by atoms with E-state index >= 15 is 0 Å². The van der Waals surface area contributed by atoms with Crippen molar-refractivity contribution in [3.8, 4) is 0 Å². The zero-order valence-electron chi connectivity index (χ0n) is 13.6. The minimum atomic E-state index is -3.92. The summed E-state index contributed by atoms with van der Waals surface area (Å²) < 4.78 is 33.0. The van der Waals surface area contributed by atoms with Gasteiger partial charge in [0.05, 0.1) is 11.0 Å². The SMILES string of the molecule is C=CC[C@H]1OCCC[C@H]1C(NS(=O)(=O)c1ccc(C)cc1)C(=O)O. The standard InChI is InChI=1S/C17H23NO5S/c1-3-5-15-14(6-4-11-23-15)16(17(19)20)18-24(21,22)13-9-7-12(2)8-10-13/h3,7-10,14-16,18H,1,4-6,11H2,2H3,(H,19,20)/t14-,15-,16?/m1/s1. The Hall–Kier alpha value is -1.70. The number of nitrogens with one attached hydrogen (secondary N) is 1. The van der Waals surface area contributed by atoms with E-state index < -0.39 is 28.0 Å². The van der Waals surface area contributed by atoms with Crippen molar-refractivity contribution in [1.29, 1.82) is 0 Å². The van der Waals surface area contributed by atoms with Crippen molar-refractivity contribution in [3.63, 3.8) is 0 Å². The van der Waals surface area contributed by atoms with Crippen LogP contribution in [0, 0.1) is 12.8 Å². The predicted molar refractivity (Wildman–Crippen MR) is 90.2 cm³/mol. The van der Waals surface area contributed by atoms with Gasteiger partial charge in [0.2, 0.25) is 10.0 Å². The number of carboxylic acid groups (broad SMARTS) is 1. The summed E-state index contributed by atoms with van der Waals surface area (Å²) >= 11 is 0. The first kappa shape index (κ1) is 18.6. The zero-order chi connectivity index (χ0) is 17.7. The maximum absolute atomic E-state index is 12.5. The molecule has 0 amide bonds. The summed E-state index contributed by atoms with van der Waals surface area (Å²) in [6, 6.07) is 5.05. The molecule has 0 bridgehead atoms. The first-order chi connectivity index (χ1) is 11.3. The maximum atomic E-state index is 12.5. The first-order valence-electron chi connectivity index (χ1n) is 7.89. The van der Waals surface area contributed by atoms with Gasteiger partial charge < -0.3 is 9.84 Å². The van der Waals surface area contributed by atoms with Gasteiger partial charge in [-0.15, -0.1) is 6.58 Å². The Morgan fingerprint density at radius 3 is 2.71 bits per heavy atom. The minimum absolute atomic E-state index is 0.0522. The van der Waals surface area contributed by atoms with Crippen molar-refractivity contribution in [3.05, 3.63) is 42.5 Å². The molecular formula is C17H23NO5S. The fraction of sp³-hybridized carbons (Fsp3) is 0.471. The van der Waals surface area contributed by atoms with E-state index in [0.717, 1.165) is 5.56 Å². The molecule has 1 aromatic rings. The van der Waals surface area contributed by atoms with Crippen LogP contribution in [-0.4, -0.2) is 38.2 Å². The van der Waals surface area contributed by atoms with Crippen LogP contribution in [0.1, 0.15) is 24.8 Å². The van der Waals surface area contributed by atoms with E-state index in [0.29, 0.717) is 25.9 Å². The first-order valence-corrected chi connectivity index (χ1v) is 9.38. The molecule has 3 atom stereocenters. The summed E-state index contributed by atoms with van der Waals surface area (Å²) in [5.74, 6) is -1.63. The summed E-state index contributed by atoms with van der Waals surface area (Å²) in [7, 11) is -3.92. The van der Waals surface area contributed by atoms with Crippen LogP contribution < -0.4 is 4.72 Å². The lowest BCUT2D eigenvalue weighted by Crippen LogP contribution is -2.51. The van der Waals surface area contributed by atoms with Crippen molar-refractivity contribution >= 4 is 16.0 Å². The third-order valence-electron chi connectivity index (χ3n) is 4.20. The summed E-state index contributed by atoms with van der Waals surface area (Å²) in [6.07, 6.45) is 3.09. The number of rotatable bonds is 7. The van der Waals surface area contributed by atoms with E-state index in [-0.39, 0.29) is 11.0 Å². The smallest absolute Gasteiger partial charge is 0.322 e. The fourth-order valence-electron chi connectivity index (χ4n) is 2.93. The van der Waals surface area contributed by atoms with Gasteiger partial charge >= 0.3 is 5.97 Å². The van der Waals surface area contributed by atoms with E-state index in [9.17, 15) is 18.3 Å². The molecule has 1 aliphatic rings. The fourth-order valence-corrected chi connectivity index (χ4v) is 4.17. The number of benzene rings is 1. The third-order valence-corrected chi connectivity index (χ3v) is 5.65.